The summed E-state index contributed by atoms with van der Waals surface area (Å²) in [6, 6.07) is 18.7. The average Bonchev–Trinajstić information content (AvgIpc) is 3.02. The molecule has 228 valence electrons. The molecule has 0 saturated heterocycles. The number of rotatable bonds is 10. The van der Waals surface area contributed by atoms with Crippen LogP contribution < -0.4 is 20.4 Å². The highest BCUT2D eigenvalue weighted by molar-refractivity contribution is 5.91. The van der Waals surface area contributed by atoms with Crippen LogP contribution in [-0.2, 0) is 22.4 Å². The molecule has 5 rings (SSSR count). The Morgan fingerprint density at radius 2 is 1.11 bits per heavy atom. The van der Waals surface area contributed by atoms with E-state index in [1.165, 1.54) is 0 Å². The maximum absolute atomic E-state index is 12.6. The lowest BCUT2D eigenvalue weighted by atomic mass is 9.78. The first-order chi connectivity index (χ1) is 21.2. The van der Waals surface area contributed by atoms with Gasteiger partial charge in [0.2, 0.25) is 11.8 Å². The van der Waals surface area contributed by atoms with Crippen LogP contribution in [0.25, 0.3) is 0 Å². The first-order valence-corrected chi connectivity index (χ1v) is 14.8. The van der Waals surface area contributed by atoms with Crippen molar-refractivity contribution >= 4 is 35.1 Å². The molecule has 4 aromatic heterocycles. The summed E-state index contributed by atoms with van der Waals surface area (Å²) >= 11 is 0. The topological polar surface area (TPSA) is 142 Å². The molecule has 2 atom stereocenters. The highest BCUT2D eigenvalue weighted by Crippen LogP contribution is 2.40. The van der Waals surface area contributed by atoms with E-state index >= 15 is 0 Å². The summed E-state index contributed by atoms with van der Waals surface area (Å²) < 4.78 is 0. The largest absolute Gasteiger partial charge is 0.363 e. The Labute approximate surface area is 257 Å². The van der Waals surface area contributed by atoms with E-state index in [1.54, 1.807) is 12.1 Å². The van der Waals surface area contributed by atoms with Crippen LogP contribution in [0.2, 0.25) is 0 Å². The zero-order valence-corrected chi connectivity index (χ0v) is 25.6. The number of carbonyl (C=O) groups excluding carboxylic acids is 2. The van der Waals surface area contributed by atoms with Gasteiger partial charge in [0.05, 0.1) is 35.6 Å². The minimum Gasteiger partial charge on any atom is -0.363 e. The van der Waals surface area contributed by atoms with Gasteiger partial charge < -0.3 is 20.4 Å². The standard InChI is InChI=1S/C32H38N10O2/c1-41(2)29-12-6-10-23(33-29)19-31(43)35-27-16-14-25(37-39-27)21-8-5-9-22(18-21)26-15-17-28(40-38-26)36-32(44)20-24-11-7-13-30(34-24)42(3)4/h6-7,10-17,21-22H,5,8-9,18-20H2,1-4H3,(H,35,39,43)(H,36,40,44)/t21-,22-/m0/s1. The predicted molar refractivity (Wildman–Crippen MR) is 170 cm³/mol. The number of pyridine rings is 2. The Balaban J connectivity index is 1.13. The summed E-state index contributed by atoms with van der Waals surface area (Å²) in [6.45, 7) is 0. The van der Waals surface area contributed by atoms with Gasteiger partial charge in [0.1, 0.15) is 11.6 Å². The number of anilines is 4. The fourth-order valence-corrected chi connectivity index (χ4v) is 5.31. The molecule has 12 nitrogen and oxygen atoms in total. The van der Waals surface area contributed by atoms with E-state index in [2.05, 4.69) is 41.0 Å². The van der Waals surface area contributed by atoms with Gasteiger partial charge in [-0.25, -0.2) is 9.97 Å². The van der Waals surface area contributed by atoms with Crippen LogP contribution in [0.5, 0.6) is 0 Å². The molecule has 0 bridgehead atoms. The van der Waals surface area contributed by atoms with Crippen molar-refractivity contribution in [2.75, 3.05) is 48.6 Å². The zero-order valence-electron chi connectivity index (χ0n) is 25.6. The molecule has 2 amide bonds. The summed E-state index contributed by atoms with van der Waals surface area (Å²) in [4.78, 5) is 37.9. The molecule has 0 aromatic carbocycles. The van der Waals surface area contributed by atoms with Gasteiger partial charge in [0.25, 0.3) is 0 Å². The number of carbonyl (C=O) groups is 2. The fourth-order valence-electron chi connectivity index (χ4n) is 5.31. The van der Waals surface area contributed by atoms with Gasteiger partial charge in [-0.1, -0.05) is 18.6 Å². The molecule has 0 aliphatic heterocycles. The molecule has 1 aliphatic carbocycles. The summed E-state index contributed by atoms with van der Waals surface area (Å²) in [6.07, 6.45) is 4.24. The molecule has 44 heavy (non-hydrogen) atoms. The third-order valence-electron chi connectivity index (χ3n) is 7.60. The minimum atomic E-state index is -0.193. The van der Waals surface area contributed by atoms with Gasteiger partial charge in [-0.05, 0) is 67.8 Å². The van der Waals surface area contributed by atoms with Crippen LogP contribution in [0.15, 0.2) is 60.7 Å². The number of amides is 2. The molecule has 4 heterocycles. The normalized spacial score (nSPS) is 16.2. The van der Waals surface area contributed by atoms with Gasteiger partial charge in [0.15, 0.2) is 11.6 Å². The van der Waals surface area contributed by atoms with Gasteiger partial charge in [-0.2, -0.15) is 10.2 Å². The molecule has 1 aliphatic rings. The lowest BCUT2D eigenvalue weighted by Crippen LogP contribution is -2.19. The SMILES string of the molecule is CN(C)c1cccc(CC(=O)Nc2ccc([C@H]3CCC[C@H](c4ccc(NC(=O)Cc5cccc(N(C)C)n5)nn4)C3)nn2)n1. The fraction of sp³-hybridized carbons (Fsp3) is 0.375. The van der Waals surface area contributed by atoms with Gasteiger partial charge >= 0.3 is 0 Å². The summed E-state index contributed by atoms with van der Waals surface area (Å²) in [7, 11) is 7.65. The molecule has 2 N–H and O–H groups in total. The quantitative estimate of drug-likeness (QED) is 0.277. The minimum absolute atomic E-state index is 0.154. The van der Waals surface area contributed by atoms with E-state index in [1.807, 2.05) is 86.5 Å². The number of hydrogen-bond donors (Lipinski definition) is 2. The zero-order chi connectivity index (χ0) is 31.1. The smallest absolute Gasteiger partial charge is 0.231 e. The van der Waals surface area contributed by atoms with Gasteiger partial charge in [0, 0.05) is 40.0 Å². The van der Waals surface area contributed by atoms with Crippen molar-refractivity contribution in [1.29, 1.82) is 0 Å². The average molecular weight is 595 g/mol. The highest BCUT2D eigenvalue weighted by Gasteiger charge is 2.27. The molecule has 4 aromatic rings. The van der Waals surface area contributed by atoms with E-state index in [9.17, 15) is 9.59 Å². The molecular weight excluding hydrogens is 556 g/mol. The van der Waals surface area contributed by atoms with Crippen LogP contribution >= 0.6 is 0 Å². The molecule has 1 fully saturated rings. The molecule has 12 heteroatoms. The van der Waals surface area contributed by atoms with Crippen molar-refractivity contribution in [3.8, 4) is 0 Å². The number of nitrogens with zero attached hydrogens (tertiary/aromatic N) is 8. The van der Waals surface area contributed by atoms with Crippen molar-refractivity contribution in [2.24, 2.45) is 0 Å². The third kappa shape index (κ3) is 8.09. The monoisotopic (exact) mass is 594 g/mol. The van der Waals surface area contributed by atoms with Gasteiger partial charge in [-0.15, -0.1) is 10.2 Å². The first kappa shape index (κ1) is 30.5. The van der Waals surface area contributed by atoms with E-state index in [-0.39, 0.29) is 36.5 Å². The molecule has 0 radical (unpaired) electrons. The molecule has 0 unspecified atom stereocenters. The molecular formula is C32H38N10O2. The van der Waals surface area contributed by atoms with E-state index in [4.69, 9.17) is 0 Å². The van der Waals surface area contributed by atoms with Gasteiger partial charge in [-0.3, -0.25) is 9.59 Å². The van der Waals surface area contributed by atoms with Crippen LogP contribution in [-0.4, -0.2) is 70.4 Å². The second kappa shape index (κ2) is 14.0. The maximum Gasteiger partial charge on any atom is 0.231 e. The Hall–Kier alpha value is -5.00. The Morgan fingerprint density at radius 1 is 0.659 bits per heavy atom. The lowest BCUT2D eigenvalue weighted by molar-refractivity contribution is -0.116. The van der Waals surface area contributed by atoms with Crippen molar-refractivity contribution < 1.29 is 9.59 Å². The van der Waals surface area contributed by atoms with Crippen molar-refractivity contribution in [3.05, 3.63) is 83.4 Å². The second-order valence-electron chi connectivity index (χ2n) is 11.5. The van der Waals surface area contributed by atoms with E-state index in [0.717, 1.165) is 48.7 Å². The van der Waals surface area contributed by atoms with Crippen molar-refractivity contribution in [1.82, 2.24) is 30.4 Å². The maximum atomic E-state index is 12.6. The third-order valence-corrected chi connectivity index (χ3v) is 7.60. The second-order valence-corrected chi connectivity index (χ2v) is 11.5. The first-order valence-electron chi connectivity index (χ1n) is 14.8. The number of nitrogens with one attached hydrogen (secondary N) is 2. The Kier molecular flexibility index (Phi) is 9.68. The lowest BCUT2D eigenvalue weighted by Gasteiger charge is -2.28. The van der Waals surface area contributed by atoms with Crippen LogP contribution in [0.1, 0.15) is 60.3 Å². The van der Waals surface area contributed by atoms with Crippen molar-refractivity contribution in [3.63, 3.8) is 0 Å². The number of aromatic nitrogens is 6. The summed E-state index contributed by atoms with van der Waals surface area (Å²) in [5.41, 5.74) is 3.18. The van der Waals surface area contributed by atoms with Crippen LogP contribution in [0.3, 0.4) is 0 Å². The Morgan fingerprint density at radius 3 is 1.50 bits per heavy atom. The van der Waals surface area contributed by atoms with Crippen LogP contribution in [0, 0.1) is 0 Å². The summed E-state index contributed by atoms with van der Waals surface area (Å²) in [5.74, 6) is 2.51. The van der Waals surface area contributed by atoms with Crippen molar-refractivity contribution in [2.45, 2.75) is 50.4 Å². The highest BCUT2D eigenvalue weighted by atomic mass is 16.2. The summed E-state index contributed by atoms with van der Waals surface area (Å²) in [5, 5.41) is 23.1. The Bertz CT molecular complexity index is 1460. The predicted octanol–water partition coefficient (Wildman–Crippen LogP) is 3.99. The number of hydrogen-bond acceptors (Lipinski definition) is 10. The van der Waals surface area contributed by atoms with E-state index < -0.39 is 0 Å². The van der Waals surface area contributed by atoms with Crippen LogP contribution in [0.4, 0.5) is 23.3 Å². The molecule has 0 spiro atoms. The van der Waals surface area contributed by atoms with E-state index in [0.29, 0.717) is 23.0 Å². The molecule has 1 saturated carbocycles.